The van der Waals surface area contributed by atoms with E-state index in [1.807, 2.05) is 0 Å². The van der Waals surface area contributed by atoms with Gasteiger partial charge in [-0.1, -0.05) is 0 Å². The molecular weight excluding hydrogens is 262 g/mol. The lowest BCUT2D eigenvalue weighted by atomic mass is 10.2. The highest BCUT2D eigenvalue weighted by Crippen LogP contribution is 2.69. The predicted octanol–water partition coefficient (Wildman–Crippen LogP) is -1.14. The van der Waals surface area contributed by atoms with Gasteiger partial charge in [0.05, 0.1) is 6.04 Å². The third-order valence-electron chi connectivity index (χ3n) is 2.00. The van der Waals surface area contributed by atoms with Gasteiger partial charge in [-0.15, -0.1) is 0 Å². The highest BCUT2D eigenvalue weighted by molar-refractivity contribution is 7.72. The van der Waals surface area contributed by atoms with Gasteiger partial charge in [0.15, 0.2) is 0 Å². The van der Waals surface area contributed by atoms with Crippen LogP contribution in [-0.2, 0) is 9.13 Å². The van der Waals surface area contributed by atoms with Crippen LogP contribution >= 0.6 is 15.2 Å². The van der Waals surface area contributed by atoms with Crippen molar-refractivity contribution in [3.8, 4) is 0 Å². The molecule has 0 spiro atoms. The fourth-order valence-corrected chi connectivity index (χ4v) is 3.30. The van der Waals surface area contributed by atoms with E-state index in [2.05, 4.69) is 9.98 Å². The number of rotatable bonds is 4. The highest BCUT2D eigenvalue weighted by Gasteiger charge is 2.60. The lowest BCUT2D eigenvalue weighted by Crippen LogP contribution is -2.32. The van der Waals surface area contributed by atoms with Gasteiger partial charge in [-0.3, -0.25) is 14.1 Å². The third-order valence-corrected chi connectivity index (χ3v) is 5.79. The van der Waals surface area contributed by atoms with E-state index in [1.54, 1.807) is 0 Å². The van der Waals surface area contributed by atoms with E-state index in [0.29, 0.717) is 0 Å². The summed E-state index contributed by atoms with van der Waals surface area (Å²) in [6.45, 7) is 0. The van der Waals surface area contributed by atoms with Gasteiger partial charge in [0, 0.05) is 12.6 Å². The lowest BCUT2D eigenvalue weighted by Gasteiger charge is -2.29. The average Bonchev–Trinajstić information content (AvgIpc) is 2.52. The Morgan fingerprint density at radius 3 is 2.00 bits per heavy atom. The minimum absolute atomic E-state index is 0.901. The summed E-state index contributed by atoms with van der Waals surface area (Å²) in [5.74, 6) is 0. The van der Waals surface area contributed by atoms with Crippen molar-refractivity contribution in [2.75, 3.05) is 0 Å². The van der Waals surface area contributed by atoms with E-state index in [0.717, 1.165) is 12.6 Å². The zero-order chi connectivity index (χ0) is 12.6. The van der Waals surface area contributed by atoms with Crippen LogP contribution in [0.15, 0.2) is 9.98 Å². The number of hydrogen-bond acceptors (Lipinski definition) is 5. The van der Waals surface area contributed by atoms with Crippen molar-refractivity contribution in [3.63, 3.8) is 0 Å². The topological polar surface area (TPSA) is 160 Å². The Hall–Kier alpha value is -0.400. The Morgan fingerprint density at radius 1 is 1.19 bits per heavy atom. The van der Waals surface area contributed by atoms with Gasteiger partial charge in [-0.05, 0) is 0 Å². The summed E-state index contributed by atoms with van der Waals surface area (Å²) in [6.07, 6.45) is 1.28. The average molecular weight is 272 g/mol. The first-order valence-corrected chi connectivity index (χ1v) is 7.19. The Labute approximate surface area is 89.9 Å². The molecule has 0 saturated carbocycles. The molecule has 0 radical (unpaired) electrons. The Kier molecular flexibility index (Phi) is 3.52. The molecule has 1 rings (SSSR count). The lowest BCUT2D eigenvalue weighted by molar-refractivity contribution is 0.122. The molecule has 92 valence electrons. The molecule has 0 amide bonds. The molecule has 0 aromatic heterocycles. The summed E-state index contributed by atoms with van der Waals surface area (Å²) in [7, 11) is -10.8. The van der Waals surface area contributed by atoms with Gasteiger partial charge in [0.2, 0.25) is 0 Å². The molecule has 1 heterocycles. The third kappa shape index (κ3) is 2.46. The Balaban J connectivity index is 3.06. The molecular formula is C5H10N2O7P2. The standard InChI is InChI=1S/C5H10N2O7P2/c8-5(15(9,10)11,16(12,13)14)1-4-2-6-3-7-4/h2-4,8H,1H2,(H2,9,10,11)(H2,12,13,14). The molecule has 16 heavy (non-hydrogen) atoms. The molecule has 1 aliphatic heterocycles. The second-order valence-electron chi connectivity index (χ2n) is 3.20. The zero-order valence-corrected chi connectivity index (χ0v) is 9.57. The van der Waals surface area contributed by atoms with Crippen molar-refractivity contribution >= 4 is 27.7 Å². The fourth-order valence-electron chi connectivity index (χ4n) is 1.09. The molecule has 0 aromatic rings. The maximum Gasteiger partial charge on any atom is 0.369 e. The molecule has 1 aliphatic rings. The van der Waals surface area contributed by atoms with Gasteiger partial charge in [-0.2, -0.15) is 0 Å². The second kappa shape index (κ2) is 4.12. The first-order chi connectivity index (χ1) is 7.08. The Bertz CT molecular complexity index is 386. The van der Waals surface area contributed by atoms with E-state index in [9.17, 15) is 14.2 Å². The van der Waals surface area contributed by atoms with E-state index in [1.165, 1.54) is 0 Å². The summed E-state index contributed by atoms with van der Waals surface area (Å²) in [6, 6.07) is -0.967. The molecule has 0 bridgehead atoms. The van der Waals surface area contributed by atoms with E-state index in [-0.39, 0.29) is 0 Å². The van der Waals surface area contributed by atoms with Crippen molar-refractivity contribution in [3.05, 3.63) is 0 Å². The van der Waals surface area contributed by atoms with Gasteiger partial charge in [0.1, 0.15) is 6.34 Å². The molecule has 1 unspecified atom stereocenters. The smallest absolute Gasteiger partial charge is 0.367 e. The van der Waals surface area contributed by atoms with Gasteiger partial charge >= 0.3 is 15.2 Å². The molecule has 0 aromatic carbocycles. The predicted molar refractivity (Wildman–Crippen MR) is 54.4 cm³/mol. The molecule has 5 N–H and O–H groups in total. The zero-order valence-electron chi connectivity index (χ0n) is 7.78. The van der Waals surface area contributed by atoms with Crippen LogP contribution in [0.1, 0.15) is 6.42 Å². The summed E-state index contributed by atoms with van der Waals surface area (Å²) in [4.78, 5) is 42.3. The van der Waals surface area contributed by atoms with E-state index >= 15 is 0 Å². The maximum absolute atomic E-state index is 10.9. The second-order valence-corrected chi connectivity index (χ2v) is 7.21. The van der Waals surface area contributed by atoms with Gasteiger partial charge in [-0.25, -0.2) is 4.99 Å². The van der Waals surface area contributed by atoms with Crippen LogP contribution in [-0.4, -0.2) is 48.4 Å². The SMILES string of the molecule is O=P(O)(O)C(O)(CC1C=NC=N1)P(=O)(O)O. The van der Waals surface area contributed by atoms with Crippen molar-refractivity contribution < 1.29 is 33.8 Å². The molecule has 0 fully saturated rings. The minimum Gasteiger partial charge on any atom is -0.367 e. The van der Waals surface area contributed by atoms with Crippen molar-refractivity contribution in [1.82, 2.24) is 0 Å². The highest BCUT2D eigenvalue weighted by atomic mass is 31.2. The normalized spacial score (nSPS) is 21.7. The molecule has 1 atom stereocenters. The monoisotopic (exact) mass is 272 g/mol. The Morgan fingerprint density at radius 2 is 1.69 bits per heavy atom. The molecule has 9 nitrogen and oxygen atoms in total. The number of nitrogens with zero attached hydrogens (tertiary/aromatic N) is 2. The van der Waals surface area contributed by atoms with E-state index in [4.69, 9.17) is 19.6 Å². The molecule has 11 heteroatoms. The van der Waals surface area contributed by atoms with Crippen molar-refractivity contribution in [1.29, 1.82) is 0 Å². The summed E-state index contributed by atoms with van der Waals surface area (Å²) < 4.78 is 21.9. The first-order valence-electron chi connectivity index (χ1n) is 3.96. The largest absolute Gasteiger partial charge is 0.369 e. The summed E-state index contributed by atoms with van der Waals surface area (Å²) >= 11 is 0. The van der Waals surface area contributed by atoms with E-state index < -0.39 is 32.7 Å². The van der Waals surface area contributed by atoms with Crippen LogP contribution in [0.2, 0.25) is 0 Å². The van der Waals surface area contributed by atoms with Crippen molar-refractivity contribution in [2.45, 2.75) is 17.5 Å². The van der Waals surface area contributed by atoms with Crippen LogP contribution < -0.4 is 0 Å². The summed E-state index contributed by atoms with van der Waals surface area (Å²) in [5.41, 5.74) is 0. The van der Waals surface area contributed by atoms with Crippen LogP contribution in [0.3, 0.4) is 0 Å². The van der Waals surface area contributed by atoms with Crippen LogP contribution in [0, 0.1) is 0 Å². The molecule has 0 aliphatic carbocycles. The first kappa shape index (κ1) is 13.7. The van der Waals surface area contributed by atoms with Crippen LogP contribution in [0.5, 0.6) is 0 Å². The number of hydrogen-bond donors (Lipinski definition) is 5. The maximum atomic E-state index is 10.9. The van der Waals surface area contributed by atoms with Gasteiger partial charge < -0.3 is 24.7 Å². The van der Waals surface area contributed by atoms with Crippen molar-refractivity contribution in [2.24, 2.45) is 9.98 Å². The van der Waals surface area contributed by atoms with Crippen LogP contribution in [0.25, 0.3) is 0 Å². The quantitative estimate of drug-likeness (QED) is 0.404. The minimum atomic E-state index is -5.40. The fraction of sp³-hybridized carbons (Fsp3) is 0.600. The molecule has 0 saturated heterocycles. The number of aliphatic imine (C=N–C) groups is 2. The summed E-state index contributed by atoms with van der Waals surface area (Å²) in [5, 5.41) is 6.05. The van der Waals surface area contributed by atoms with Gasteiger partial charge in [0.25, 0.3) is 5.08 Å². The number of aliphatic hydroxyl groups is 1. The van der Waals surface area contributed by atoms with Crippen LogP contribution in [0.4, 0.5) is 0 Å².